The van der Waals surface area contributed by atoms with E-state index in [1.165, 1.54) is 0 Å². The van der Waals surface area contributed by atoms with Gasteiger partial charge >= 0.3 is 0 Å². The summed E-state index contributed by atoms with van der Waals surface area (Å²) in [7, 11) is 0. The first-order valence-electron chi connectivity index (χ1n) is 6.44. The summed E-state index contributed by atoms with van der Waals surface area (Å²) in [4.78, 5) is 11.7. The van der Waals surface area contributed by atoms with Gasteiger partial charge in [0.15, 0.2) is 0 Å². The van der Waals surface area contributed by atoms with Crippen molar-refractivity contribution in [1.29, 1.82) is 0 Å². The number of hydrogen-bond acceptors (Lipinski definition) is 3. The van der Waals surface area contributed by atoms with E-state index in [1.807, 2.05) is 6.92 Å². The first-order chi connectivity index (χ1) is 8.70. The van der Waals surface area contributed by atoms with Crippen LogP contribution in [0.15, 0.2) is 0 Å². The second-order valence-corrected chi connectivity index (χ2v) is 4.88. The summed E-state index contributed by atoms with van der Waals surface area (Å²) in [5.74, 6) is 1.16. The van der Waals surface area contributed by atoms with E-state index < -0.39 is 5.91 Å². The average molecular weight is 247 g/mol. The van der Waals surface area contributed by atoms with Gasteiger partial charge in [-0.15, -0.1) is 0 Å². The Labute approximate surface area is 106 Å². The third-order valence-electron chi connectivity index (χ3n) is 3.75. The van der Waals surface area contributed by atoms with Gasteiger partial charge in [-0.25, -0.2) is 0 Å². The molecule has 2 aliphatic rings. The minimum Gasteiger partial charge on any atom is -0.493 e. The van der Waals surface area contributed by atoms with Crippen molar-refractivity contribution in [3.63, 3.8) is 0 Å². The fourth-order valence-corrected chi connectivity index (χ4v) is 2.94. The number of carbonyl (C=O) groups is 1. The molecule has 0 saturated heterocycles. The van der Waals surface area contributed by atoms with E-state index in [0.29, 0.717) is 24.5 Å². The van der Waals surface area contributed by atoms with Gasteiger partial charge in [-0.05, 0) is 38.2 Å². The van der Waals surface area contributed by atoms with E-state index in [0.717, 1.165) is 48.1 Å². The molecule has 1 aromatic rings. The van der Waals surface area contributed by atoms with Crippen LogP contribution in [-0.2, 0) is 12.8 Å². The summed E-state index contributed by atoms with van der Waals surface area (Å²) >= 11 is 0. The Morgan fingerprint density at radius 1 is 1.06 bits per heavy atom. The van der Waals surface area contributed by atoms with Gasteiger partial charge in [0.1, 0.15) is 11.5 Å². The third kappa shape index (κ3) is 1.55. The van der Waals surface area contributed by atoms with Crippen LogP contribution in [0.4, 0.5) is 0 Å². The lowest BCUT2D eigenvalue weighted by atomic mass is 9.89. The summed E-state index contributed by atoms with van der Waals surface area (Å²) in [6, 6.07) is 0. The predicted octanol–water partition coefficient (Wildman–Crippen LogP) is 1.74. The second kappa shape index (κ2) is 4.19. The predicted molar refractivity (Wildman–Crippen MR) is 67.3 cm³/mol. The van der Waals surface area contributed by atoms with Gasteiger partial charge in [-0.2, -0.15) is 0 Å². The van der Waals surface area contributed by atoms with E-state index in [2.05, 4.69) is 0 Å². The van der Waals surface area contributed by atoms with Crippen molar-refractivity contribution in [3.8, 4) is 11.5 Å². The molecule has 0 bridgehead atoms. The quantitative estimate of drug-likeness (QED) is 0.822. The second-order valence-electron chi connectivity index (χ2n) is 4.88. The number of ether oxygens (including phenoxy) is 2. The van der Waals surface area contributed by atoms with Crippen molar-refractivity contribution in [2.75, 3.05) is 13.2 Å². The lowest BCUT2D eigenvalue weighted by Gasteiger charge is -2.28. The molecule has 0 aliphatic carbocycles. The first kappa shape index (κ1) is 11.4. The van der Waals surface area contributed by atoms with Gasteiger partial charge in [0.05, 0.1) is 18.8 Å². The molecule has 2 heterocycles. The van der Waals surface area contributed by atoms with Crippen molar-refractivity contribution < 1.29 is 14.3 Å². The van der Waals surface area contributed by atoms with Crippen molar-refractivity contribution in [2.45, 2.75) is 32.6 Å². The number of rotatable bonds is 1. The Morgan fingerprint density at radius 3 is 2.33 bits per heavy atom. The SMILES string of the molecule is Cc1c2c(c(C(N)=O)c3c1OCCC3)OCCC2. The zero-order valence-electron chi connectivity index (χ0n) is 10.5. The number of benzene rings is 1. The van der Waals surface area contributed by atoms with Crippen molar-refractivity contribution in [2.24, 2.45) is 5.73 Å². The molecule has 4 heteroatoms. The van der Waals surface area contributed by atoms with E-state index >= 15 is 0 Å². The van der Waals surface area contributed by atoms with Crippen LogP contribution in [0.25, 0.3) is 0 Å². The molecule has 3 rings (SSSR count). The van der Waals surface area contributed by atoms with Crippen LogP contribution >= 0.6 is 0 Å². The molecule has 18 heavy (non-hydrogen) atoms. The molecule has 96 valence electrons. The van der Waals surface area contributed by atoms with Gasteiger partial charge in [0.2, 0.25) is 0 Å². The minimum atomic E-state index is -0.407. The van der Waals surface area contributed by atoms with Crippen LogP contribution in [0.5, 0.6) is 11.5 Å². The fourth-order valence-electron chi connectivity index (χ4n) is 2.94. The minimum absolute atomic E-state index is 0.407. The molecular weight excluding hydrogens is 230 g/mol. The number of primary amides is 1. The van der Waals surface area contributed by atoms with Crippen LogP contribution < -0.4 is 15.2 Å². The zero-order chi connectivity index (χ0) is 12.7. The molecule has 0 fully saturated rings. The molecule has 0 radical (unpaired) electrons. The van der Waals surface area contributed by atoms with Gasteiger partial charge in [0, 0.05) is 11.1 Å². The highest BCUT2D eigenvalue weighted by atomic mass is 16.5. The van der Waals surface area contributed by atoms with Crippen molar-refractivity contribution in [1.82, 2.24) is 0 Å². The highest BCUT2D eigenvalue weighted by molar-refractivity contribution is 5.99. The highest BCUT2D eigenvalue weighted by Gasteiger charge is 2.29. The van der Waals surface area contributed by atoms with Crippen LogP contribution in [0.2, 0.25) is 0 Å². The largest absolute Gasteiger partial charge is 0.493 e. The Balaban J connectivity index is 2.31. The zero-order valence-corrected chi connectivity index (χ0v) is 10.5. The standard InChI is InChI=1S/C14H17NO3/c1-8-9-4-2-7-18-13(9)11(14(15)16)10-5-3-6-17-12(8)10/h2-7H2,1H3,(H2,15,16). The lowest BCUT2D eigenvalue weighted by molar-refractivity contribution is 0.0992. The summed E-state index contributed by atoms with van der Waals surface area (Å²) in [6.45, 7) is 3.42. The molecule has 0 aromatic heterocycles. The van der Waals surface area contributed by atoms with E-state index in [4.69, 9.17) is 15.2 Å². The van der Waals surface area contributed by atoms with Crippen molar-refractivity contribution in [3.05, 3.63) is 22.3 Å². The van der Waals surface area contributed by atoms with E-state index in [1.54, 1.807) is 0 Å². The van der Waals surface area contributed by atoms with Gasteiger partial charge in [-0.3, -0.25) is 4.79 Å². The lowest BCUT2D eigenvalue weighted by Crippen LogP contribution is -2.24. The van der Waals surface area contributed by atoms with Crippen LogP contribution in [0, 0.1) is 6.92 Å². The average Bonchev–Trinajstić information content (AvgIpc) is 2.39. The molecular formula is C14H17NO3. The van der Waals surface area contributed by atoms with Gasteiger partial charge in [-0.1, -0.05) is 0 Å². The van der Waals surface area contributed by atoms with Crippen LogP contribution in [0.3, 0.4) is 0 Å². The molecule has 0 unspecified atom stereocenters. The molecule has 1 amide bonds. The number of carbonyl (C=O) groups excluding carboxylic acids is 1. The molecule has 2 aliphatic heterocycles. The Kier molecular flexibility index (Phi) is 2.65. The maximum atomic E-state index is 11.7. The molecule has 4 nitrogen and oxygen atoms in total. The maximum Gasteiger partial charge on any atom is 0.252 e. The molecule has 1 aromatic carbocycles. The first-order valence-corrected chi connectivity index (χ1v) is 6.44. The number of hydrogen-bond donors (Lipinski definition) is 1. The fraction of sp³-hybridized carbons (Fsp3) is 0.500. The number of nitrogens with two attached hydrogens (primary N) is 1. The smallest absolute Gasteiger partial charge is 0.252 e. The topological polar surface area (TPSA) is 61.6 Å². The number of amides is 1. The van der Waals surface area contributed by atoms with Crippen molar-refractivity contribution >= 4 is 5.91 Å². The van der Waals surface area contributed by atoms with Gasteiger partial charge in [0.25, 0.3) is 5.91 Å². The Morgan fingerprint density at radius 2 is 1.67 bits per heavy atom. The third-order valence-corrected chi connectivity index (χ3v) is 3.75. The Hall–Kier alpha value is -1.71. The van der Waals surface area contributed by atoms with Gasteiger partial charge < -0.3 is 15.2 Å². The highest BCUT2D eigenvalue weighted by Crippen LogP contribution is 2.42. The van der Waals surface area contributed by atoms with Crippen LogP contribution in [-0.4, -0.2) is 19.1 Å². The van der Waals surface area contributed by atoms with E-state index in [-0.39, 0.29) is 0 Å². The summed E-state index contributed by atoms with van der Waals surface area (Å²) in [6.07, 6.45) is 3.67. The summed E-state index contributed by atoms with van der Waals surface area (Å²) < 4.78 is 11.5. The molecule has 0 spiro atoms. The number of fused-ring (bicyclic) bond motifs is 2. The normalized spacial score (nSPS) is 17.2. The molecule has 2 N–H and O–H groups in total. The summed E-state index contributed by atoms with van der Waals surface area (Å²) in [5.41, 5.74) is 9.23. The summed E-state index contributed by atoms with van der Waals surface area (Å²) in [5, 5.41) is 0. The van der Waals surface area contributed by atoms with Crippen LogP contribution in [0.1, 0.15) is 39.9 Å². The molecule has 0 saturated carbocycles. The molecule has 0 atom stereocenters. The monoisotopic (exact) mass is 247 g/mol. The maximum absolute atomic E-state index is 11.7. The van der Waals surface area contributed by atoms with E-state index in [9.17, 15) is 4.79 Å². The Bertz CT molecular complexity index is 485.